The average Bonchev–Trinajstić information content (AvgIpc) is 2.11. The summed E-state index contributed by atoms with van der Waals surface area (Å²) >= 11 is 0. The average molecular weight is 212 g/mol. The normalized spacial score (nSPS) is 10.4. The molecule has 0 saturated carbocycles. The quantitative estimate of drug-likeness (QED) is 0.380. The third kappa shape index (κ3) is 1.36. The molecule has 0 aliphatic heterocycles. The zero-order valence-corrected chi connectivity index (χ0v) is 6.47. The van der Waals surface area contributed by atoms with Crippen LogP contribution in [0.2, 0.25) is 0 Å². The Morgan fingerprint density at radius 3 is 1.29 bits per heavy atom. The second kappa shape index (κ2) is 3.36. The molecule has 76 valence electrons. The lowest BCUT2D eigenvalue weighted by Gasteiger charge is -2.04. The Balaban J connectivity index is 3.68. The maximum atomic E-state index is 12.6. The molecule has 1 rings (SSSR count). The van der Waals surface area contributed by atoms with Gasteiger partial charge < -0.3 is 0 Å². The fourth-order valence-corrected chi connectivity index (χ4v) is 0.843. The van der Waals surface area contributed by atoms with Gasteiger partial charge in [-0.1, -0.05) is 6.58 Å². The van der Waals surface area contributed by atoms with Crippen molar-refractivity contribution >= 4 is 5.83 Å². The molecule has 0 unspecified atom stereocenters. The third-order valence-corrected chi connectivity index (χ3v) is 1.48. The molecule has 0 aliphatic carbocycles. The van der Waals surface area contributed by atoms with Crippen LogP contribution in [0.5, 0.6) is 0 Å². The Bertz CT molecular complexity index is 380. The Morgan fingerprint density at radius 2 is 1.00 bits per heavy atom. The van der Waals surface area contributed by atoms with Gasteiger partial charge in [0.2, 0.25) is 5.82 Å². The summed E-state index contributed by atoms with van der Waals surface area (Å²) in [4.78, 5) is 0. The second-order valence-corrected chi connectivity index (χ2v) is 2.35. The fourth-order valence-electron chi connectivity index (χ4n) is 0.843. The minimum absolute atomic E-state index is 1.64. The number of rotatable bonds is 1. The van der Waals surface area contributed by atoms with Gasteiger partial charge in [0.25, 0.3) is 0 Å². The van der Waals surface area contributed by atoms with E-state index >= 15 is 0 Å². The van der Waals surface area contributed by atoms with Gasteiger partial charge in [-0.25, -0.2) is 26.3 Å². The van der Waals surface area contributed by atoms with Crippen LogP contribution in [0.15, 0.2) is 6.58 Å². The molecule has 0 N–H and O–H groups in total. The van der Waals surface area contributed by atoms with Gasteiger partial charge >= 0.3 is 0 Å². The van der Waals surface area contributed by atoms with Gasteiger partial charge in [-0.2, -0.15) is 0 Å². The highest BCUT2D eigenvalue weighted by Crippen LogP contribution is 2.27. The maximum Gasteiger partial charge on any atom is 0.200 e. The minimum atomic E-state index is -2.33. The number of hydrogen-bond donors (Lipinski definition) is 0. The molecule has 0 heterocycles. The molecule has 0 fully saturated rings. The predicted octanol–water partition coefficient (Wildman–Crippen LogP) is 3.32. The van der Waals surface area contributed by atoms with E-state index in [1.54, 1.807) is 0 Å². The number of halogens is 6. The summed E-state index contributed by atoms with van der Waals surface area (Å²) in [5, 5.41) is 0. The lowest BCUT2D eigenvalue weighted by molar-refractivity contribution is 0.374. The molecule has 14 heavy (non-hydrogen) atoms. The van der Waals surface area contributed by atoms with E-state index in [1.807, 2.05) is 0 Å². The second-order valence-electron chi connectivity index (χ2n) is 2.35. The molecule has 0 aromatic heterocycles. The zero-order chi connectivity index (χ0) is 11.0. The van der Waals surface area contributed by atoms with Crippen molar-refractivity contribution in [3.05, 3.63) is 41.2 Å². The van der Waals surface area contributed by atoms with E-state index in [2.05, 4.69) is 6.58 Å². The zero-order valence-electron chi connectivity index (χ0n) is 6.47. The molecule has 0 radical (unpaired) electrons. The molecular weight excluding hydrogens is 210 g/mol. The molecule has 1 aromatic carbocycles. The van der Waals surface area contributed by atoms with E-state index in [-0.39, 0.29) is 0 Å². The van der Waals surface area contributed by atoms with E-state index in [4.69, 9.17) is 0 Å². The highest BCUT2D eigenvalue weighted by Gasteiger charge is 2.26. The van der Waals surface area contributed by atoms with Gasteiger partial charge in [-0.05, 0) is 0 Å². The molecule has 0 atom stereocenters. The Kier molecular flexibility index (Phi) is 2.55. The SMILES string of the molecule is C=C(F)c1c(F)c(F)c(F)c(F)c1F. The maximum absolute atomic E-state index is 12.6. The van der Waals surface area contributed by atoms with Crippen molar-refractivity contribution in [1.82, 2.24) is 0 Å². The first-order valence-corrected chi connectivity index (χ1v) is 3.24. The van der Waals surface area contributed by atoms with Gasteiger partial charge in [0.05, 0.1) is 5.56 Å². The van der Waals surface area contributed by atoms with Crippen LogP contribution in [-0.4, -0.2) is 0 Å². The van der Waals surface area contributed by atoms with Gasteiger partial charge in [-0.15, -0.1) is 0 Å². The van der Waals surface area contributed by atoms with Crippen LogP contribution in [0.3, 0.4) is 0 Å². The predicted molar refractivity (Wildman–Crippen MR) is 36.4 cm³/mol. The summed E-state index contributed by atoms with van der Waals surface area (Å²) in [6.07, 6.45) is 0. The lowest BCUT2D eigenvalue weighted by atomic mass is 10.1. The van der Waals surface area contributed by atoms with E-state index in [0.29, 0.717) is 0 Å². The van der Waals surface area contributed by atoms with Crippen molar-refractivity contribution in [2.75, 3.05) is 0 Å². The molecule has 0 saturated heterocycles. The van der Waals surface area contributed by atoms with Crippen LogP contribution in [0.25, 0.3) is 5.83 Å². The minimum Gasteiger partial charge on any atom is -0.207 e. The van der Waals surface area contributed by atoms with E-state index in [1.165, 1.54) is 0 Å². The third-order valence-electron chi connectivity index (χ3n) is 1.48. The number of benzene rings is 1. The van der Waals surface area contributed by atoms with Crippen LogP contribution >= 0.6 is 0 Å². The molecule has 0 spiro atoms. The summed E-state index contributed by atoms with van der Waals surface area (Å²) in [5.41, 5.74) is -1.64. The van der Waals surface area contributed by atoms with Crippen molar-refractivity contribution in [2.45, 2.75) is 0 Å². The van der Waals surface area contributed by atoms with Crippen molar-refractivity contribution in [1.29, 1.82) is 0 Å². The monoisotopic (exact) mass is 212 g/mol. The van der Waals surface area contributed by atoms with E-state index in [0.717, 1.165) is 0 Å². The lowest BCUT2D eigenvalue weighted by Crippen LogP contribution is -2.05. The molecule has 0 nitrogen and oxygen atoms in total. The topological polar surface area (TPSA) is 0 Å². The Labute approximate surface area is 74.5 Å². The molecule has 6 heteroatoms. The first-order chi connectivity index (χ1) is 6.37. The van der Waals surface area contributed by atoms with E-state index in [9.17, 15) is 26.3 Å². The van der Waals surface area contributed by atoms with Crippen LogP contribution in [0.4, 0.5) is 26.3 Å². The highest BCUT2D eigenvalue weighted by atomic mass is 19.2. The van der Waals surface area contributed by atoms with Crippen molar-refractivity contribution in [3.63, 3.8) is 0 Å². The van der Waals surface area contributed by atoms with Crippen molar-refractivity contribution in [2.24, 2.45) is 0 Å². The molecule has 0 amide bonds. The van der Waals surface area contributed by atoms with Gasteiger partial charge in [-0.3, -0.25) is 0 Å². The standard InChI is InChI=1S/C8H2F6/c1-2(9)3-4(10)6(12)8(14)7(13)5(3)11/h1H2. The Hall–Kier alpha value is -1.46. The van der Waals surface area contributed by atoms with Gasteiger partial charge in [0, 0.05) is 0 Å². The fraction of sp³-hybridized carbons (Fsp3) is 0. The Morgan fingerprint density at radius 1 is 0.714 bits per heavy atom. The molecular formula is C8H2F6. The summed E-state index contributed by atoms with van der Waals surface area (Å²) in [7, 11) is 0. The number of hydrogen-bond acceptors (Lipinski definition) is 0. The van der Waals surface area contributed by atoms with Crippen LogP contribution in [-0.2, 0) is 0 Å². The van der Waals surface area contributed by atoms with Crippen LogP contribution in [0.1, 0.15) is 5.56 Å². The largest absolute Gasteiger partial charge is 0.207 e. The summed E-state index contributed by atoms with van der Waals surface area (Å²) in [6, 6.07) is 0. The van der Waals surface area contributed by atoms with Crippen LogP contribution in [0, 0.1) is 29.1 Å². The van der Waals surface area contributed by atoms with Gasteiger partial charge in [0.15, 0.2) is 23.3 Å². The van der Waals surface area contributed by atoms with Crippen LogP contribution < -0.4 is 0 Å². The first-order valence-electron chi connectivity index (χ1n) is 3.24. The summed E-state index contributed by atoms with van der Waals surface area (Å²) in [5.74, 6) is -12.9. The van der Waals surface area contributed by atoms with Crippen molar-refractivity contribution in [3.8, 4) is 0 Å². The first kappa shape index (κ1) is 10.6. The molecule has 0 bridgehead atoms. The smallest absolute Gasteiger partial charge is 0.200 e. The molecule has 1 aromatic rings. The summed E-state index contributed by atoms with van der Waals surface area (Å²) < 4.78 is 74.7. The van der Waals surface area contributed by atoms with Gasteiger partial charge in [0.1, 0.15) is 5.83 Å². The highest BCUT2D eigenvalue weighted by molar-refractivity contribution is 5.58. The van der Waals surface area contributed by atoms with Crippen molar-refractivity contribution < 1.29 is 26.3 Å². The summed E-state index contributed by atoms with van der Waals surface area (Å²) in [6.45, 7) is 2.46. The molecule has 0 aliphatic rings. The van der Waals surface area contributed by atoms with E-state index < -0.39 is 40.5 Å².